The predicted molar refractivity (Wildman–Crippen MR) is 87.6 cm³/mol. The smallest absolute Gasteiger partial charge is 0.311 e. The molecule has 0 saturated heterocycles. The summed E-state index contributed by atoms with van der Waals surface area (Å²) in [6.07, 6.45) is -0.650. The van der Waals surface area contributed by atoms with Crippen molar-refractivity contribution in [1.82, 2.24) is 0 Å². The van der Waals surface area contributed by atoms with Crippen molar-refractivity contribution >= 4 is 25.2 Å². The SMILES string of the molecule is CC(O)C[Si](C)(C)O[Si](C)(C)O[Si](C)(C)CC(C)O. The molecule has 2 N–H and O–H groups in total. The average molecular weight is 325 g/mol. The maximum absolute atomic E-state index is 9.54. The van der Waals surface area contributed by atoms with Gasteiger partial charge in [0, 0.05) is 0 Å². The van der Waals surface area contributed by atoms with E-state index in [9.17, 15) is 10.2 Å². The van der Waals surface area contributed by atoms with E-state index < -0.39 is 25.2 Å². The maximum Gasteiger partial charge on any atom is 0.311 e. The molecule has 0 radical (unpaired) electrons. The fraction of sp³-hybridized carbons (Fsp3) is 1.00. The first kappa shape index (κ1) is 19.5. The van der Waals surface area contributed by atoms with E-state index in [4.69, 9.17) is 8.23 Å². The van der Waals surface area contributed by atoms with Gasteiger partial charge >= 0.3 is 8.56 Å². The molecule has 0 spiro atoms. The van der Waals surface area contributed by atoms with E-state index >= 15 is 0 Å². The molecule has 19 heavy (non-hydrogen) atoms. The highest BCUT2D eigenvalue weighted by atomic mass is 28.5. The Labute approximate surface area is 121 Å². The number of aliphatic hydroxyl groups is 2. The normalized spacial score (nSPS) is 17.4. The molecule has 0 aliphatic carbocycles. The fourth-order valence-corrected chi connectivity index (χ4v) is 17.6. The third-order valence-electron chi connectivity index (χ3n) is 2.62. The van der Waals surface area contributed by atoms with Gasteiger partial charge in [0.05, 0.1) is 12.2 Å². The molecule has 116 valence electrons. The van der Waals surface area contributed by atoms with Crippen molar-refractivity contribution in [2.75, 3.05) is 0 Å². The van der Waals surface area contributed by atoms with Crippen LogP contribution in [0.15, 0.2) is 0 Å². The third kappa shape index (κ3) is 9.94. The quantitative estimate of drug-likeness (QED) is 0.674. The van der Waals surface area contributed by atoms with Gasteiger partial charge in [-0.2, -0.15) is 0 Å². The summed E-state index contributed by atoms with van der Waals surface area (Å²) in [7, 11) is -6.00. The Bertz CT molecular complexity index is 252. The summed E-state index contributed by atoms with van der Waals surface area (Å²) >= 11 is 0. The monoisotopic (exact) mass is 324 g/mol. The second-order valence-corrected chi connectivity index (χ2v) is 19.5. The van der Waals surface area contributed by atoms with Gasteiger partial charge in [-0.15, -0.1) is 0 Å². The van der Waals surface area contributed by atoms with Crippen molar-refractivity contribution in [3.05, 3.63) is 0 Å². The van der Waals surface area contributed by atoms with Gasteiger partial charge in [-0.05, 0) is 65.2 Å². The summed E-state index contributed by atoms with van der Waals surface area (Å²) in [4.78, 5) is 0. The first-order chi connectivity index (χ1) is 8.25. The summed E-state index contributed by atoms with van der Waals surface area (Å²) in [5, 5.41) is 19.1. The number of aliphatic hydroxyl groups excluding tert-OH is 2. The molecular formula is C12H32O4Si3. The van der Waals surface area contributed by atoms with Crippen molar-refractivity contribution in [2.45, 2.75) is 77.4 Å². The maximum atomic E-state index is 9.54. The van der Waals surface area contributed by atoms with Crippen LogP contribution in [0.4, 0.5) is 0 Å². The van der Waals surface area contributed by atoms with Gasteiger partial charge in [-0.25, -0.2) is 0 Å². The van der Waals surface area contributed by atoms with Crippen LogP contribution in [0.5, 0.6) is 0 Å². The molecule has 2 unspecified atom stereocenters. The van der Waals surface area contributed by atoms with Crippen LogP contribution < -0.4 is 0 Å². The zero-order valence-corrected chi connectivity index (χ0v) is 16.8. The highest BCUT2D eigenvalue weighted by molar-refractivity contribution is 6.87. The zero-order chi connectivity index (χ0) is 15.5. The van der Waals surface area contributed by atoms with Crippen LogP contribution in [0.3, 0.4) is 0 Å². The van der Waals surface area contributed by atoms with Crippen molar-refractivity contribution < 1.29 is 18.4 Å². The van der Waals surface area contributed by atoms with Crippen LogP contribution in [-0.2, 0) is 8.23 Å². The molecule has 0 bridgehead atoms. The molecule has 0 aromatic carbocycles. The highest BCUT2D eigenvalue weighted by Crippen LogP contribution is 2.25. The van der Waals surface area contributed by atoms with Crippen LogP contribution in [-0.4, -0.2) is 47.6 Å². The molecule has 0 saturated carbocycles. The van der Waals surface area contributed by atoms with E-state index in [0.29, 0.717) is 0 Å². The lowest BCUT2D eigenvalue weighted by Crippen LogP contribution is -2.53. The third-order valence-corrected chi connectivity index (χ3v) is 14.1. The Balaban J connectivity index is 4.62. The summed E-state index contributed by atoms with van der Waals surface area (Å²) in [5.74, 6) is 0. The Morgan fingerprint density at radius 3 is 1.21 bits per heavy atom. The molecule has 0 aromatic heterocycles. The van der Waals surface area contributed by atoms with Crippen LogP contribution in [0.25, 0.3) is 0 Å². The minimum absolute atomic E-state index is 0.325. The number of hydrogen-bond donors (Lipinski definition) is 2. The van der Waals surface area contributed by atoms with Crippen LogP contribution in [0, 0.1) is 0 Å². The van der Waals surface area contributed by atoms with E-state index in [0.717, 1.165) is 12.1 Å². The van der Waals surface area contributed by atoms with Gasteiger partial charge < -0.3 is 18.4 Å². The van der Waals surface area contributed by atoms with Crippen LogP contribution in [0.1, 0.15) is 13.8 Å². The number of rotatable bonds is 8. The van der Waals surface area contributed by atoms with Gasteiger partial charge in [0.25, 0.3) is 0 Å². The Morgan fingerprint density at radius 2 is 1.00 bits per heavy atom. The lowest BCUT2D eigenvalue weighted by Gasteiger charge is -2.39. The molecule has 7 heteroatoms. The molecule has 4 nitrogen and oxygen atoms in total. The van der Waals surface area contributed by atoms with Gasteiger partial charge in [-0.1, -0.05) is 0 Å². The predicted octanol–water partition coefficient (Wildman–Crippen LogP) is 2.89. The molecule has 0 heterocycles. The molecule has 0 amide bonds. The second-order valence-electron chi connectivity index (χ2n) is 7.23. The molecule has 2 atom stereocenters. The number of hydrogen-bond acceptors (Lipinski definition) is 4. The van der Waals surface area contributed by atoms with Crippen molar-refractivity contribution in [3.8, 4) is 0 Å². The summed E-state index contributed by atoms with van der Waals surface area (Å²) < 4.78 is 12.6. The minimum atomic E-state index is -2.21. The first-order valence-corrected chi connectivity index (χ1v) is 16.1. The van der Waals surface area contributed by atoms with Gasteiger partial charge in [0.2, 0.25) is 0 Å². The lowest BCUT2D eigenvalue weighted by atomic mass is 10.5. The average Bonchev–Trinajstić information content (AvgIpc) is 1.89. The summed E-state index contributed by atoms with van der Waals surface area (Å²) in [6.45, 7) is 16.3. The lowest BCUT2D eigenvalue weighted by molar-refractivity contribution is 0.207. The zero-order valence-electron chi connectivity index (χ0n) is 13.8. The molecule has 0 aliphatic rings. The Kier molecular flexibility index (Phi) is 7.15. The molecule has 0 fully saturated rings. The van der Waals surface area contributed by atoms with Crippen molar-refractivity contribution in [3.63, 3.8) is 0 Å². The summed E-state index contributed by atoms with van der Waals surface area (Å²) in [5.41, 5.74) is 0. The molecule has 0 aromatic rings. The van der Waals surface area contributed by atoms with E-state index in [1.807, 2.05) is 0 Å². The first-order valence-electron chi connectivity index (χ1n) is 7.01. The van der Waals surface area contributed by atoms with Gasteiger partial charge in [-0.3, -0.25) is 0 Å². The van der Waals surface area contributed by atoms with E-state index in [-0.39, 0.29) is 12.2 Å². The summed E-state index contributed by atoms with van der Waals surface area (Å²) in [6, 6.07) is 1.45. The largest absolute Gasteiger partial charge is 0.436 e. The van der Waals surface area contributed by atoms with Gasteiger partial charge in [0.1, 0.15) is 0 Å². The van der Waals surface area contributed by atoms with E-state index in [1.54, 1.807) is 13.8 Å². The topological polar surface area (TPSA) is 58.9 Å². The molecular weight excluding hydrogens is 292 g/mol. The van der Waals surface area contributed by atoms with Crippen LogP contribution >= 0.6 is 0 Å². The van der Waals surface area contributed by atoms with Crippen LogP contribution in [0.2, 0.25) is 51.4 Å². The Morgan fingerprint density at radius 1 is 0.737 bits per heavy atom. The van der Waals surface area contributed by atoms with E-state index in [1.165, 1.54) is 0 Å². The highest BCUT2D eigenvalue weighted by Gasteiger charge is 2.40. The Hall–Kier alpha value is 0.491. The van der Waals surface area contributed by atoms with E-state index in [2.05, 4.69) is 39.3 Å². The molecule has 0 aliphatic heterocycles. The van der Waals surface area contributed by atoms with Crippen molar-refractivity contribution in [2.24, 2.45) is 0 Å². The second kappa shape index (κ2) is 6.97. The standard InChI is InChI=1S/C12H32O4Si3/c1-11(13)9-17(3,4)15-19(7,8)16-18(5,6)10-12(2)14/h11-14H,9-10H2,1-8H3. The fourth-order valence-electron chi connectivity index (χ4n) is 2.86. The minimum Gasteiger partial charge on any atom is -0.436 e. The van der Waals surface area contributed by atoms with Crippen molar-refractivity contribution in [1.29, 1.82) is 0 Å². The molecule has 0 rings (SSSR count). The van der Waals surface area contributed by atoms with Gasteiger partial charge in [0.15, 0.2) is 16.6 Å².